The Morgan fingerprint density at radius 3 is 2.45 bits per heavy atom. The van der Waals surface area contributed by atoms with Gasteiger partial charge < -0.3 is 15.0 Å². The molecule has 1 aliphatic carbocycles. The SMILES string of the molecule is CN=C(NC1C2CCOC2C1(C)C)N1CC(C)CC(C)C1.I. The number of piperidine rings is 1. The molecule has 0 bridgehead atoms. The predicted molar refractivity (Wildman–Crippen MR) is 102 cm³/mol. The van der Waals surface area contributed by atoms with Crippen LogP contribution in [-0.2, 0) is 4.74 Å². The van der Waals surface area contributed by atoms with E-state index in [1.54, 1.807) is 0 Å². The number of nitrogens with one attached hydrogen (secondary N) is 1. The van der Waals surface area contributed by atoms with Crippen molar-refractivity contribution in [1.29, 1.82) is 0 Å². The minimum atomic E-state index is 0. The van der Waals surface area contributed by atoms with Gasteiger partial charge in [0.1, 0.15) is 0 Å². The third-order valence-corrected chi connectivity index (χ3v) is 5.77. The quantitative estimate of drug-likeness (QED) is 0.402. The van der Waals surface area contributed by atoms with E-state index in [1.165, 1.54) is 12.8 Å². The normalized spacial score (nSPS) is 40.5. The van der Waals surface area contributed by atoms with Crippen LogP contribution in [0.4, 0.5) is 0 Å². The molecule has 3 rings (SSSR count). The average molecular weight is 421 g/mol. The highest BCUT2D eigenvalue weighted by molar-refractivity contribution is 14.0. The van der Waals surface area contributed by atoms with E-state index in [0.29, 0.717) is 18.1 Å². The van der Waals surface area contributed by atoms with Crippen LogP contribution in [0.1, 0.15) is 40.5 Å². The highest BCUT2D eigenvalue weighted by atomic mass is 127. The Bertz CT molecular complexity index is 416. The molecule has 2 saturated heterocycles. The topological polar surface area (TPSA) is 36.9 Å². The van der Waals surface area contributed by atoms with Gasteiger partial charge in [-0.2, -0.15) is 0 Å². The van der Waals surface area contributed by atoms with Gasteiger partial charge in [0, 0.05) is 44.1 Å². The first-order valence-corrected chi connectivity index (χ1v) is 8.53. The number of fused-ring (bicyclic) bond motifs is 1. The van der Waals surface area contributed by atoms with Crippen molar-refractivity contribution >= 4 is 29.9 Å². The zero-order chi connectivity index (χ0) is 15.2. The fourth-order valence-corrected chi connectivity index (χ4v) is 4.89. The monoisotopic (exact) mass is 421 g/mol. The molecular weight excluding hydrogens is 389 g/mol. The zero-order valence-electron chi connectivity index (χ0n) is 14.6. The number of halogens is 1. The second kappa shape index (κ2) is 6.83. The van der Waals surface area contributed by atoms with Crippen LogP contribution in [0, 0.1) is 23.2 Å². The van der Waals surface area contributed by atoms with Crippen LogP contribution in [0.25, 0.3) is 0 Å². The number of ether oxygens (including phenoxy) is 1. The number of aliphatic imine (C=N–C) groups is 1. The lowest BCUT2D eigenvalue weighted by Crippen LogP contribution is -2.68. The van der Waals surface area contributed by atoms with Gasteiger partial charge >= 0.3 is 0 Å². The van der Waals surface area contributed by atoms with Crippen molar-refractivity contribution in [3.63, 3.8) is 0 Å². The molecule has 0 spiro atoms. The van der Waals surface area contributed by atoms with Crippen LogP contribution >= 0.6 is 24.0 Å². The standard InChI is InChI=1S/C17H31N3O.HI/c1-11-8-12(2)10-20(9-11)16(18-5)19-14-13-6-7-21-15(13)17(14,3)4;/h11-15H,6-10H2,1-5H3,(H,18,19);1H. The van der Waals surface area contributed by atoms with E-state index in [9.17, 15) is 0 Å². The van der Waals surface area contributed by atoms with Crippen LogP contribution in [0.3, 0.4) is 0 Å². The minimum absolute atomic E-state index is 0. The van der Waals surface area contributed by atoms with Gasteiger partial charge in [-0.05, 0) is 24.7 Å². The van der Waals surface area contributed by atoms with E-state index >= 15 is 0 Å². The summed E-state index contributed by atoms with van der Waals surface area (Å²) >= 11 is 0. The molecule has 5 heteroatoms. The van der Waals surface area contributed by atoms with Crippen LogP contribution in [0.15, 0.2) is 4.99 Å². The van der Waals surface area contributed by atoms with Gasteiger partial charge in [-0.3, -0.25) is 4.99 Å². The van der Waals surface area contributed by atoms with Gasteiger partial charge in [-0.1, -0.05) is 27.7 Å². The van der Waals surface area contributed by atoms with Crippen molar-refractivity contribution in [3.8, 4) is 0 Å². The minimum Gasteiger partial charge on any atom is -0.377 e. The van der Waals surface area contributed by atoms with E-state index in [1.807, 2.05) is 7.05 Å². The van der Waals surface area contributed by atoms with Crippen molar-refractivity contribution in [2.24, 2.45) is 28.2 Å². The summed E-state index contributed by atoms with van der Waals surface area (Å²) in [6.07, 6.45) is 2.96. The Morgan fingerprint density at radius 1 is 1.23 bits per heavy atom. The zero-order valence-corrected chi connectivity index (χ0v) is 17.0. The Kier molecular flexibility index (Phi) is 5.68. The molecule has 2 aliphatic heterocycles. The van der Waals surface area contributed by atoms with Gasteiger partial charge in [0.2, 0.25) is 0 Å². The Morgan fingerprint density at radius 2 is 1.86 bits per heavy atom. The second-order valence-electron chi connectivity index (χ2n) is 8.09. The molecule has 0 amide bonds. The molecule has 128 valence electrons. The van der Waals surface area contributed by atoms with Crippen LogP contribution < -0.4 is 5.32 Å². The number of hydrogen-bond donors (Lipinski definition) is 1. The summed E-state index contributed by atoms with van der Waals surface area (Å²) in [6.45, 7) is 12.5. The van der Waals surface area contributed by atoms with Crippen molar-refractivity contribution in [1.82, 2.24) is 10.2 Å². The van der Waals surface area contributed by atoms with E-state index < -0.39 is 0 Å². The third kappa shape index (κ3) is 3.12. The highest BCUT2D eigenvalue weighted by Crippen LogP contribution is 2.52. The number of nitrogens with zero attached hydrogens (tertiary/aromatic N) is 2. The molecule has 5 unspecified atom stereocenters. The van der Waals surface area contributed by atoms with Crippen molar-refractivity contribution in [2.75, 3.05) is 26.7 Å². The molecule has 3 aliphatic rings. The van der Waals surface area contributed by atoms with E-state index in [4.69, 9.17) is 4.74 Å². The lowest BCUT2D eigenvalue weighted by Gasteiger charge is -2.55. The molecule has 0 radical (unpaired) electrons. The first-order chi connectivity index (χ1) is 9.93. The molecular formula is C17H32IN3O. The maximum Gasteiger partial charge on any atom is 0.193 e. The highest BCUT2D eigenvalue weighted by Gasteiger charge is 2.59. The van der Waals surface area contributed by atoms with Gasteiger partial charge in [0.05, 0.1) is 6.10 Å². The van der Waals surface area contributed by atoms with E-state index in [-0.39, 0.29) is 29.4 Å². The van der Waals surface area contributed by atoms with Crippen LogP contribution in [-0.4, -0.2) is 49.7 Å². The van der Waals surface area contributed by atoms with Gasteiger partial charge in [-0.15, -0.1) is 24.0 Å². The molecule has 1 saturated carbocycles. The first kappa shape index (κ1) is 18.3. The largest absolute Gasteiger partial charge is 0.377 e. The molecule has 2 heterocycles. The molecule has 4 nitrogen and oxygen atoms in total. The number of rotatable bonds is 1. The summed E-state index contributed by atoms with van der Waals surface area (Å²) in [5.74, 6) is 3.27. The smallest absolute Gasteiger partial charge is 0.193 e. The summed E-state index contributed by atoms with van der Waals surface area (Å²) in [4.78, 5) is 7.03. The van der Waals surface area contributed by atoms with Crippen molar-refractivity contribution in [2.45, 2.75) is 52.7 Å². The molecule has 22 heavy (non-hydrogen) atoms. The number of hydrogen-bond acceptors (Lipinski definition) is 2. The van der Waals surface area contributed by atoms with E-state index in [0.717, 1.165) is 37.5 Å². The molecule has 3 fully saturated rings. The predicted octanol–water partition coefficient (Wildman–Crippen LogP) is 2.97. The summed E-state index contributed by atoms with van der Waals surface area (Å²) in [5, 5.41) is 3.77. The van der Waals surface area contributed by atoms with E-state index in [2.05, 4.69) is 42.9 Å². The summed E-state index contributed by atoms with van der Waals surface area (Å²) < 4.78 is 5.90. The van der Waals surface area contributed by atoms with Crippen LogP contribution in [0.5, 0.6) is 0 Å². The molecule has 0 aromatic heterocycles. The second-order valence-corrected chi connectivity index (χ2v) is 8.09. The van der Waals surface area contributed by atoms with Crippen LogP contribution in [0.2, 0.25) is 0 Å². The fourth-order valence-electron chi connectivity index (χ4n) is 4.89. The molecule has 1 N–H and O–H groups in total. The Labute approximate surface area is 152 Å². The van der Waals surface area contributed by atoms with Crippen molar-refractivity contribution in [3.05, 3.63) is 0 Å². The summed E-state index contributed by atoms with van der Waals surface area (Å²) in [7, 11) is 1.92. The maximum absolute atomic E-state index is 5.90. The van der Waals surface area contributed by atoms with Gasteiger partial charge in [0.15, 0.2) is 5.96 Å². The molecule has 0 aromatic rings. The number of likely N-dealkylation sites (tertiary alicyclic amines) is 1. The maximum atomic E-state index is 5.90. The van der Waals surface area contributed by atoms with Gasteiger partial charge in [-0.25, -0.2) is 0 Å². The summed E-state index contributed by atoms with van der Waals surface area (Å²) in [6, 6.07) is 0.497. The van der Waals surface area contributed by atoms with Gasteiger partial charge in [0.25, 0.3) is 0 Å². The Hall–Kier alpha value is -0.0400. The summed E-state index contributed by atoms with van der Waals surface area (Å²) in [5.41, 5.74) is 0.212. The molecule has 5 atom stereocenters. The first-order valence-electron chi connectivity index (χ1n) is 8.53. The third-order valence-electron chi connectivity index (χ3n) is 5.77. The fraction of sp³-hybridized carbons (Fsp3) is 0.941. The Balaban J connectivity index is 0.00000176. The van der Waals surface area contributed by atoms with Crippen molar-refractivity contribution < 1.29 is 4.74 Å². The lowest BCUT2D eigenvalue weighted by molar-refractivity contribution is -0.107. The number of guanidine groups is 1. The molecule has 0 aromatic carbocycles. The lowest BCUT2D eigenvalue weighted by atomic mass is 9.57. The average Bonchev–Trinajstić information content (AvgIpc) is 2.85.